The average molecular weight is 273 g/mol. The highest BCUT2D eigenvalue weighted by Gasteiger charge is 2.16. The van der Waals surface area contributed by atoms with Crippen molar-refractivity contribution in [2.75, 3.05) is 0 Å². The largest absolute Gasteiger partial charge is 0.303 e. The van der Waals surface area contributed by atoms with Crippen LogP contribution >= 0.6 is 11.3 Å². The Kier molecular flexibility index (Phi) is 4.15. The smallest absolute Gasteiger partial charge is 0.130 e. The zero-order valence-electron chi connectivity index (χ0n) is 11.6. The summed E-state index contributed by atoms with van der Waals surface area (Å²) in [6.45, 7) is 6.60. The lowest BCUT2D eigenvalue weighted by atomic mass is 9.86. The molecule has 2 rings (SSSR count). The molecule has 19 heavy (non-hydrogen) atoms. The Bertz CT molecular complexity index is 523. The van der Waals surface area contributed by atoms with Gasteiger partial charge in [0.05, 0.1) is 5.92 Å². The van der Waals surface area contributed by atoms with Crippen molar-refractivity contribution in [1.82, 2.24) is 4.98 Å². The molecule has 0 aliphatic heterocycles. The number of benzene rings is 1. The number of rotatable bonds is 4. The highest BCUT2D eigenvalue weighted by Crippen LogP contribution is 2.25. The maximum atomic E-state index is 11.2. The predicted molar refractivity (Wildman–Crippen MR) is 79.8 cm³/mol. The van der Waals surface area contributed by atoms with Crippen molar-refractivity contribution in [3.63, 3.8) is 0 Å². The molecule has 100 valence electrons. The van der Waals surface area contributed by atoms with E-state index >= 15 is 0 Å². The monoisotopic (exact) mass is 273 g/mol. The number of thiazole rings is 1. The third-order valence-electron chi connectivity index (χ3n) is 3.21. The highest BCUT2D eigenvalue weighted by molar-refractivity contribution is 7.09. The van der Waals surface area contributed by atoms with Crippen molar-refractivity contribution in [2.24, 2.45) is 0 Å². The lowest BCUT2D eigenvalue weighted by molar-refractivity contribution is -0.109. The molecule has 0 amide bonds. The van der Waals surface area contributed by atoms with Crippen LogP contribution in [0.5, 0.6) is 0 Å². The summed E-state index contributed by atoms with van der Waals surface area (Å²) in [6, 6.07) is 8.54. The van der Waals surface area contributed by atoms with Crippen LogP contribution in [0.25, 0.3) is 0 Å². The van der Waals surface area contributed by atoms with E-state index in [1.165, 1.54) is 22.5 Å². The topological polar surface area (TPSA) is 30.0 Å². The summed E-state index contributed by atoms with van der Waals surface area (Å²) in [6.07, 6.45) is 3.47. The van der Waals surface area contributed by atoms with Gasteiger partial charge in [-0.2, -0.15) is 0 Å². The minimum atomic E-state index is -0.125. The second-order valence-corrected chi connectivity index (χ2v) is 6.69. The molecule has 0 fully saturated rings. The second kappa shape index (κ2) is 5.66. The Labute approximate surface area is 118 Å². The van der Waals surface area contributed by atoms with Gasteiger partial charge in [0.15, 0.2) is 0 Å². The first kappa shape index (κ1) is 13.9. The molecule has 1 aromatic heterocycles. The molecule has 1 unspecified atom stereocenters. The fourth-order valence-electron chi connectivity index (χ4n) is 2.01. The SMILES string of the molecule is CC(C)(C)c1ccc(CC(C=O)c2nccs2)cc1. The first-order valence-electron chi connectivity index (χ1n) is 6.45. The molecule has 0 aliphatic rings. The van der Waals surface area contributed by atoms with Crippen LogP contribution in [0.4, 0.5) is 0 Å². The van der Waals surface area contributed by atoms with Crippen molar-refractivity contribution in [3.05, 3.63) is 52.0 Å². The van der Waals surface area contributed by atoms with Crippen LogP contribution in [0.1, 0.15) is 42.8 Å². The van der Waals surface area contributed by atoms with Crippen LogP contribution in [0.15, 0.2) is 35.8 Å². The van der Waals surface area contributed by atoms with E-state index in [2.05, 4.69) is 50.0 Å². The van der Waals surface area contributed by atoms with E-state index in [0.717, 1.165) is 17.7 Å². The molecule has 3 heteroatoms. The maximum Gasteiger partial charge on any atom is 0.130 e. The molecule has 0 aliphatic carbocycles. The molecular weight excluding hydrogens is 254 g/mol. The molecule has 2 nitrogen and oxygen atoms in total. The van der Waals surface area contributed by atoms with E-state index in [1.807, 2.05) is 5.38 Å². The summed E-state index contributed by atoms with van der Waals surface area (Å²) in [5.74, 6) is -0.125. The first-order valence-corrected chi connectivity index (χ1v) is 7.33. The third-order valence-corrected chi connectivity index (χ3v) is 4.12. The zero-order valence-corrected chi connectivity index (χ0v) is 12.4. The van der Waals surface area contributed by atoms with E-state index < -0.39 is 0 Å². The Balaban J connectivity index is 2.13. The molecule has 1 aromatic carbocycles. The molecule has 0 bridgehead atoms. The first-order chi connectivity index (χ1) is 9.00. The molecule has 0 N–H and O–H groups in total. The van der Waals surface area contributed by atoms with Gasteiger partial charge in [0.1, 0.15) is 11.3 Å². The van der Waals surface area contributed by atoms with Gasteiger partial charge < -0.3 is 4.79 Å². The number of hydrogen-bond acceptors (Lipinski definition) is 3. The molecule has 0 saturated heterocycles. The maximum absolute atomic E-state index is 11.2. The lowest BCUT2D eigenvalue weighted by Gasteiger charge is -2.19. The van der Waals surface area contributed by atoms with Crippen LogP contribution in [0.3, 0.4) is 0 Å². The van der Waals surface area contributed by atoms with Gasteiger partial charge in [-0.1, -0.05) is 45.0 Å². The molecule has 1 heterocycles. The van der Waals surface area contributed by atoms with E-state index in [1.54, 1.807) is 6.20 Å². The van der Waals surface area contributed by atoms with Gasteiger partial charge in [0, 0.05) is 11.6 Å². The molecular formula is C16H19NOS. The van der Waals surface area contributed by atoms with Gasteiger partial charge >= 0.3 is 0 Å². The van der Waals surface area contributed by atoms with Gasteiger partial charge in [-0.15, -0.1) is 11.3 Å². The van der Waals surface area contributed by atoms with Crippen LogP contribution in [0, 0.1) is 0 Å². The van der Waals surface area contributed by atoms with Crippen molar-refractivity contribution in [3.8, 4) is 0 Å². The second-order valence-electron chi connectivity index (χ2n) is 5.76. The minimum Gasteiger partial charge on any atom is -0.303 e. The van der Waals surface area contributed by atoms with Crippen LogP contribution < -0.4 is 0 Å². The number of carbonyl (C=O) groups is 1. The van der Waals surface area contributed by atoms with Crippen molar-refractivity contribution >= 4 is 17.6 Å². The van der Waals surface area contributed by atoms with Crippen molar-refractivity contribution in [2.45, 2.75) is 38.5 Å². The van der Waals surface area contributed by atoms with Gasteiger partial charge in [-0.05, 0) is 23.0 Å². The summed E-state index contributed by atoms with van der Waals surface area (Å²) in [7, 11) is 0. The molecule has 0 saturated carbocycles. The Morgan fingerprint density at radius 2 is 1.95 bits per heavy atom. The Morgan fingerprint density at radius 3 is 2.42 bits per heavy atom. The number of carbonyl (C=O) groups excluding carboxylic acids is 1. The van der Waals surface area contributed by atoms with Crippen LogP contribution in [0.2, 0.25) is 0 Å². The summed E-state index contributed by atoms with van der Waals surface area (Å²) in [5, 5.41) is 2.81. The number of nitrogens with zero attached hydrogens (tertiary/aromatic N) is 1. The van der Waals surface area contributed by atoms with Gasteiger partial charge in [-0.3, -0.25) is 0 Å². The fourth-order valence-corrected chi connectivity index (χ4v) is 2.70. The quantitative estimate of drug-likeness (QED) is 0.789. The summed E-state index contributed by atoms with van der Waals surface area (Å²) >= 11 is 1.54. The minimum absolute atomic E-state index is 0.125. The summed E-state index contributed by atoms with van der Waals surface area (Å²) in [5.41, 5.74) is 2.66. The van der Waals surface area contributed by atoms with Gasteiger partial charge in [0.2, 0.25) is 0 Å². The fraction of sp³-hybridized carbons (Fsp3) is 0.375. The number of hydrogen-bond donors (Lipinski definition) is 0. The average Bonchev–Trinajstić information content (AvgIpc) is 2.89. The van der Waals surface area contributed by atoms with Crippen molar-refractivity contribution in [1.29, 1.82) is 0 Å². The van der Waals surface area contributed by atoms with Gasteiger partial charge in [0.25, 0.3) is 0 Å². The number of aldehydes is 1. The molecule has 0 spiro atoms. The Hall–Kier alpha value is -1.48. The summed E-state index contributed by atoms with van der Waals surface area (Å²) < 4.78 is 0. The summed E-state index contributed by atoms with van der Waals surface area (Å²) in [4.78, 5) is 15.4. The van der Waals surface area contributed by atoms with E-state index in [-0.39, 0.29) is 11.3 Å². The highest BCUT2D eigenvalue weighted by atomic mass is 32.1. The van der Waals surface area contributed by atoms with Crippen LogP contribution in [-0.2, 0) is 16.6 Å². The number of aromatic nitrogens is 1. The van der Waals surface area contributed by atoms with Crippen molar-refractivity contribution < 1.29 is 4.79 Å². The normalized spacial score (nSPS) is 13.2. The van der Waals surface area contributed by atoms with Gasteiger partial charge in [-0.25, -0.2) is 4.98 Å². The molecule has 0 radical (unpaired) electrons. The third kappa shape index (κ3) is 3.51. The van der Waals surface area contributed by atoms with E-state index in [9.17, 15) is 4.79 Å². The lowest BCUT2D eigenvalue weighted by Crippen LogP contribution is -2.11. The van der Waals surface area contributed by atoms with Crippen LogP contribution in [-0.4, -0.2) is 11.3 Å². The van der Waals surface area contributed by atoms with E-state index in [0.29, 0.717) is 0 Å². The Morgan fingerprint density at radius 1 is 1.26 bits per heavy atom. The molecule has 1 atom stereocenters. The predicted octanol–water partition coefficient (Wildman–Crippen LogP) is 3.97. The standard InChI is InChI=1S/C16H19NOS/c1-16(2,3)14-6-4-12(5-7-14)10-13(11-18)15-17-8-9-19-15/h4-9,11,13H,10H2,1-3H3. The van der Waals surface area contributed by atoms with E-state index in [4.69, 9.17) is 0 Å². The zero-order chi connectivity index (χ0) is 13.9. The molecule has 2 aromatic rings.